The van der Waals surface area contributed by atoms with Gasteiger partial charge in [0.1, 0.15) is 0 Å². The molecule has 1 aromatic rings. The number of rotatable bonds is 4. The fourth-order valence-corrected chi connectivity index (χ4v) is 2.46. The number of nitrogens with one attached hydrogen (secondary N) is 2. The molecule has 2 atom stereocenters. The minimum atomic E-state index is -0.0343. The molecule has 19 heavy (non-hydrogen) atoms. The summed E-state index contributed by atoms with van der Waals surface area (Å²) in [5.74, 6) is -0.0343. The van der Waals surface area contributed by atoms with Gasteiger partial charge >= 0.3 is 0 Å². The third-order valence-electron chi connectivity index (χ3n) is 3.43. The van der Waals surface area contributed by atoms with Crippen LogP contribution in [-0.4, -0.2) is 11.9 Å². The SMILES string of the molecule is CC(=O)Nc1cccc([C@H](C)N[C@H]2C=CCCC2)c1. The van der Waals surface area contributed by atoms with Crippen molar-refractivity contribution in [3.63, 3.8) is 0 Å². The van der Waals surface area contributed by atoms with Crippen LogP contribution in [0.5, 0.6) is 0 Å². The van der Waals surface area contributed by atoms with E-state index in [0.717, 1.165) is 5.69 Å². The number of allylic oxidation sites excluding steroid dienone is 1. The summed E-state index contributed by atoms with van der Waals surface area (Å²) in [6, 6.07) is 8.77. The second kappa shape index (κ2) is 6.53. The molecule has 0 bridgehead atoms. The van der Waals surface area contributed by atoms with Gasteiger partial charge in [-0.3, -0.25) is 4.79 Å². The van der Waals surface area contributed by atoms with Gasteiger partial charge in [-0.15, -0.1) is 0 Å². The van der Waals surface area contributed by atoms with Crippen molar-refractivity contribution < 1.29 is 4.79 Å². The van der Waals surface area contributed by atoms with Crippen molar-refractivity contribution in [1.29, 1.82) is 0 Å². The van der Waals surface area contributed by atoms with E-state index in [4.69, 9.17) is 0 Å². The van der Waals surface area contributed by atoms with E-state index in [2.05, 4.69) is 35.8 Å². The van der Waals surface area contributed by atoms with Gasteiger partial charge in [-0.2, -0.15) is 0 Å². The molecule has 0 saturated heterocycles. The van der Waals surface area contributed by atoms with Crippen LogP contribution in [0, 0.1) is 0 Å². The van der Waals surface area contributed by atoms with E-state index < -0.39 is 0 Å². The Morgan fingerprint density at radius 1 is 1.42 bits per heavy atom. The molecule has 0 aliphatic heterocycles. The minimum Gasteiger partial charge on any atom is -0.326 e. The largest absolute Gasteiger partial charge is 0.326 e. The number of hydrogen-bond acceptors (Lipinski definition) is 2. The molecule has 0 spiro atoms. The molecular formula is C16H22N2O. The topological polar surface area (TPSA) is 41.1 Å². The Morgan fingerprint density at radius 3 is 2.95 bits per heavy atom. The van der Waals surface area contributed by atoms with E-state index in [9.17, 15) is 4.79 Å². The molecular weight excluding hydrogens is 236 g/mol. The lowest BCUT2D eigenvalue weighted by Gasteiger charge is -2.23. The zero-order valence-corrected chi connectivity index (χ0v) is 11.6. The second-order valence-corrected chi connectivity index (χ2v) is 5.16. The fraction of sp³-hybridized carbons (Fsp3) is 0.438. The molecule has 2 N–H and O–H groups in total. The van der Waals surface area contributed by atoms with E-state index in [-0.39, 0.29) is 11.9 Å². The lowest BCUT2D eigenvalue weighted by atomic mass is 10.0. The lowest BCUT2D eigenvalue weighted by molar-refractivity contribution is -0.114. The highest BCUT2D eigenvalue weighted by Crippen LogP contribution is 2.20. The summed E-state index contributed by atoms with van der Waals surface area (Å²) in [6.07, 6.45) is 8.17. The van der Waals surface area contributed by atoms with E-state index in [1.54, 1.807) is 0 Å². The van der Waals surface area contributed by atoms with Crippen LogP contribution in [0.4, 0.5) is 5.69 Å². The van der Waals surface area contributed by atoms with Crippen LogP contribution >= 0.6 is 0 Å². The van der Waals surface area contributed by atoms with Crippen molar-refractivity contribution in [2.45, 2.75) is 45.2 Å². The first-order chi connectivity index (χ1) is 9.15. The second-order valence-electron chi connectivity index (χ2n) is 5.16. The van der Waals surface area contributed by atoms with Gasteiger partial charge in [0.2, 0.25) is 5.91 Å². The van der Waals surface area contributed by atoms with Crippen molar-refractivity contribution in [1.82, 2.24) is 5.32 Å². The fourth-order valence-electron chi connectivity index (χ4n) is 2.46. The quantitative estimate of drug-likeness (QED) is 0.813. The summed E-state index contributed by atoms with van der Waals surface area (Å²) in [6.45, 7) is 3.69. The molecule has 1 aromatic carbocycles. The first-order valence-electron chi connectivity index (χ1n) is 6.95. The van der Waals surface area contributed by atoms with E-state index in [0.29, 0.717) is 6.04 Å². The lowest BCUT2D eigenvalue weighted by Crippen LogP contribution is -2.31. The van der Waals surface area contributed by atoms with Crippen LogP contribution in [0.3, 0.4) is 0 Å². The summed E-state index contributed by atoms with van der Waals surface area (Å²) in [5, 5.41) is 6.44. The zero-order valence-electron chi connectivity index (χ0n) is 11.6. The van der Waals surface area contributed by atoms with Gasteiger partial charge in [-0.05, 0) is 43.9 Å². The maximum absolute atomic E-state index is 11.1. The maximum atomic E-state index is 11.1. The van der Waals surface area contributed by atoms with Gasteiger partial charge in [0.05, 0.1) is 0 Å². The van der Waals surface area contributed by atoms with Crippen molar-refractivity contribution in [3.8, 4) is 0 Å². The van der Waals surface area contributed by atoms with Gasteiger partial charge in [0.25, 0.3) is 0 Å². The number of anilines is 1. The zero-order chi connectivity index (χ0) is 13.7. The smallest absolute Gasteiger partial charge is 0.221 e. The average molecular weight is 258 g/mol. The molecule has 0 unspecified atom stereocenters. The van der Waals surface area contributed by atoms with E-state index in [1.165, 1.54) is 31.7 Å². The third-order valence-corrected chi connectivity index (χ3v) is 3.43. The van der Waals surface area contributed by atoms with E-state index >= 15 is 0 Å². The molecule has 2 rings (SSSR count). The number of hydrogen-bond donors (Lipinski definition) is 2. The van der Waals surface area contributed by atoms with Crippen LogP contribution < -0.4 is 10.6 Å². The van der Waals surface area contributed by atoms with Crippen molar-refractivity contribution in [2.75, 3.05) is 5.32 Å². The molecule has 3 heteroatoms. The summed E-state index contributed by atoms with van der Waals surface area (Å²) in [4.78, 5) is 11.1. The molecule has 3 nitrogen and oxygen atoms in total. The van der Waals surface area contributed by atoms with Crippen molar-refractivity contribution in [2.24, 2.45) is 0 Å². The Hall–Kier alpha value is -1.61. The van der Waals surface area contributed by atoms with Crippen LogP contribution in [-0.2, 0) is 4.79 Å². The van der Waals surface area contributed by atoms with Gasteiger partial charge < -0.3 is 10.6 Å². The molecule has 0 heterocycles. The van der Waals surface area contributed by atoms with E-state index in [1.807, 2.05) is 18.2 Å². The minimum absolute atomic E-state index is 0.0343. The van der Waals surface area contributed by atoms with Crippen molar-refractivity contribution >= 4 is 11.6 Å². The highest BCUT2D eigenvalue weighted by atomic mass is 16.1. The van der Waals surface area contributed by atoms with Gasteiger partial charge in [0.15, 0.2) is 0 Å². The Kier molecular flexibility index (Phi) is 4.74. The Balaban J connectivity index is 2.01. The molecule has 0 radical (unpaired) electrons. The highest BCUT2D eigenvalue weighted by molar-refractivity contribution is 5.88. The standard InChI is InChI=1S/C16H22N2O/c1-12(17-15-8-4-3-5-9-15)14-7-6-10-16(11-14)18-13(2)19/h4,6-8,10-12,15,17H,3,5,9H2,1-2H3,(H,18,19)/t12-,15-/m0/s1. The first kappa shape index (κ1) is 13.8. The van der Waals surface area contributed by atoms with Gasteiger partial charge in [-0.1, -0.05) is 24.3 Å². The monoisotopic (exact) mass is 258 g/mol. The van der Waals surface area contributed by atoms with Gasteiger partial charge in [-0.25, -0.2) is 0 Å². The molecule has 102 valence electrons. The third kappa shape index (κ3) is 4.21. The predicted octanol–water partition coefficient (Wildman–Crippen LogP) is 3.40. The average Bonchev–Trinajstić information content (AvgIpc) is 2.39. The Morgan fingerprint density at radius 2 is 2.26 bits per heavy atom. The van der Waals surface area contributed by atoms with Crippen LogP contribution in [0.2, 0.25) is 0 Å². The number of amides is 1. The van der Waals surface area contributed by atoms with Crippen LogP contribution in [0.1, 0.15) is 44.7 Å². The predicted molar refractivity (Wildman–Crippen MR) is 79.1 cm³/mol. The number of carbonyl (C=O) groups is 1. The first-order valence-corrected chi connectivity index (χ1v) is 6.95. The van der Waals surface area contributed by atoms with Crippen LogP contribution in [0.15, 0.2) is 36.4 Å². The molecule has 0 fully saturated rings. The summed E-state index contributed by atoms with van der Waals surface area (Å²) >= 11 is 0. The molecule has 0 saturated carbocycles. The maximum Gasteiger partial charge on any atom is 0.221 e. The molecule has 1 aliphatic carbocycles. The summed E-state index contributed by atoms with van der Waals surface area (Å²) in [7, 11) is 0. The highest BCUT2D eigenvalue weighted by Gasteiger charge is 2.13. The Bertz CT molecular complexity index is 468. The van der Waals surface area contributed by atoms with Crippen molar-refractivity contribution in [3.05, 3.63) is 42.0 Å². The van der Waals surface area contributed by atoms with Gasteiger partial charge in [0, 0.05) is 24.7 Å². The van der Waals surface area contributed by atoms with Crippen LogP contribution in [0.25, 0.3) is 0 Å². The molecule has 1 aliphatic rings. The normalized spacial score (nSPS) is 20.0. The Labute approximate surface area is 115 Å². The number of carbonyl (C=O) groups excluding carboxylic acids is 1. The summed E-state index contributed by atoms with van der Waals surface area (Å²) < 4.78 is 0. The molecule has 0 aromatic heterocycles. The number of benzene rings is 1. The molecule has 1 amide bonds. The summed E-state index contributed by atoms with van der Waals surface area (Å²) in [5.41, 5.74) is 2.06.